The summed E-state index contributed by atoms with van der Waals surface area (Å²) in [5.74, 6) is 0.752. The molecule has 0 bridgehead atoms. The molecule has 1 aromatic rings. The highest BCUT2D eigenvalue weighted by Crippen LogP contribution is 2.22. The van der Waals surface area contributed by atoms with E-state index in [0.717, 1.165) is 25.3 Å². The molecule has 0 aliphatic carbocycles. The van der Waals surface area contributed by atoms with Crippen molar-refractivity contribution in [1.29, 1.82) is 0 Å². The number of aldehydes is 1. The topological polar surface area (TPSA) is 49.3 Å². The van der Waals surface area contributed by atoms with E-state index < -0.39 is 0 Å². The van der Waals surface area contributed by atoms with Gasteiger partial charge in [-0.1, -0.05) is 0 Å². The van der Waals surface area contributed by atoms with Crippen LogP contribution in [0.3, 0.4) is 0 Å². The molecule has 0 aromatic carbocycles. The van der Waals surface area contributed by atoms with Crippen molar-refractivity contribution in [3.05, 3.63) is 18.0 Å². The van der Waals surface area contributed by atoms with Gasteiger partial charge in [-0.05, 0) is 32.4 Å². The molecule has 0 saturated carbocycles. The zero-order valence-corrected chi connectivity index (χ0v) is 10.5. The Morgan fingerprint density at radius 1 is 1.17 bits per heavy atom. The van der Waals surface area contributed by atoms with Crippen LogP contribution in [0, 0.1) is 0 Å². The normalized spacial score (nSPS) is 24.7. The van der Waals surface area contributed by atoms with Crippen LogP contribution in [0.2, 0.25) is 0 Å². The van der Waals surface area contributed by atoms with Crippen LogP contribution in [0.5, 0.6) is 0 Å². The summed E-state index contributed by atoms with van der Waals surface area (Å²) in [7, 11) is 0. The minimum Gasteiger partial charge on any atom is -0.339 e. The lowest BCUT2D eigenvalue weighted by Crippen LogP contribution is -2.35. The van der Waals surface area contributed by atoms with Crippen LogP contribution in [0.1, 0.15) is 29.6 Å². The van der Waals surface area contributed by atoms with Gasteiger partial charge in [0, 0.05) is 31.5 Å². The first-order valence-electron chi connectivity index (χ1n) is 6.63. The standard InChI is InChI=1S/C13H18N4O/c18-10-11-7-14-13(15-8-11)17-6-3-12(9-17)16-4-1-2-5-16/h7-8,10,12H,1-6,9H2. The molecule has 1 atom stereocenters. The fourth-order valence-corrected chi connectivity index (χ4v) is 2.88. The number of anilines is 1. The number of hydrogen-bond acceptors (Lipinski definition) is 5. The van der Waals surface area contributed by atoms with Crippen molar-refractivity contribution < 1.29 is 4.79 Å². The van der Waals surface area contributed by atoms with Crippen molar-refractivity contribution in [1.82, 2.24) is 14.9 Å². The van der Waals surface area contributed by atoms with Crippen LogP contribution in [-0.2, 0) is 0 Å². The van der Waals surface area contributed by atoms with Crippen LogP contribution in [0.25, 0.3) is 0 Å². The molecule has 5 nitrogen and oxygen atoms in total. The number of hydrogen-bond donors (Lipinski definition) is 0. The van der Waals surface area contributed by atoms with E-state index in [0.29, 0.717) is 11.6 Å². The Labute approximate surface area is 107 Å². The van der Waals surface area contributed by atoms with Crippen molar-refractivity contribution in [2.24, 2.45) is 0 Å². The lowest BCUT2D eigenvalue weighted by Gasteiger charge is -2.23. The maximum atomic E-state index is 10.6. The molecule has 96 valence electrons. The van der Waals surface area contributed by atoms with Gasteiger partial charge in [0.25, 0.3) is 0 Å². The third-order valence-corrected chi connectivity index (χ3v) is 3.90. The minimum absolute atomic E-state index is 0.536. The van der Waals surface area contributed by atoms with Gasteiger partial charge in [-0.15, -0.1) is 0 Å². The summed E-state index contributed by atoms with van der Waals surface area (Å²) in [6.45, 7) is 4.51. The first-order chi connectivity index (χ1) is 8.86. The predicted octanol–water partition coefficient (Wildman–Crippen LogP) is 0.964. The summed E-state index contributed by atoms with van der Waals surface area (Å²) in [4.78, 5) is 23.9. The maximum Gasteiger partial charge on any atom is 0.225 e. The van der Waals surface area contributed by atoms with Crippen LogP contribution < -0.4 is 4.90 Å². The van der Waals surface area contributed by atoms with Crippen molar-refractivity contribution in [2.75, 3.05) is 31.1 Å². The summed E-state index contributed by atoms with van der Waals surface area (Å²) in [6.07, 6.45) is 7.83. The van der Waals surface area contributed by atoms with Crippen LogP contribution >= 0.6 is 0 Å². The van der Waals surface area contributed by atoms with Crippen LogP contribution in [0.4, 0.5) is 5.95 Å². The Bertz CT molecular complexity index is 414. The Hall–Kier alpha value is -1.49. The molecule has 2 saturated heterocycles. The molecule has 1 aromatic heterocycles. The molecule has 18 heavy (non-hydrogen) atoms. The summed E-state index contributed by atoms with van der Waals surface area (Å²) in [6, 6.07) is 0.654. The SMILES string of the molecule is O=Cc1cnc(N2CCC(N3CCCC3)C2)nc1. The summed E-state index contributed by atoms with van der Waals surface area (Å²) in [5.41, 5.74) is 0.536. The Balaban J connectivity index is 1.65. The molecule has 3 heterocycles. The van der Waals surface area contributed by atoms with E-state index in [1.165, 1.54) is 32.4 Å². The van der Waals surface area contributed by atoms with E-state index in [9.17, 15) is 4.79 Å². The van der Waals surface area contributed by atoms with Gasteiger partial charge in [-0.2, -0.15) is 0 Å². The van der Waals surface area contributed by atoms with Crippen molar-refractivity contribution >= 4 is 12.2 Å². The third kappa shape index (κ3) is 2.22. The van der Waals surface area contributed by atoms with Gasteiger partial charge in [0.2, 0.25) is 5.95 Å². The van der Waals surface area contributed by atoms with Gasteiger partial charge >= 0.3 is 0 Å². The lowest BCUT2D eigenvalue weighted by molar-refractivity contribution is 0.112. The molecule has 2 aliphatic rings. The van der Waals surface area contributed by atoms with E-state index in [2.05, 4.69) is 19.8 Å². The van der Waals surface area contributed by atoms with E-state index in [-0.39, 0.29) is 0 Å². The minimum atomic E-state index is 0.536. The van der Waals surface area contributed by atoms with Gasteiger partial charge in [-0.3, -0.25) is 9.69 Å². The zero-order chi connectivity index (χ0) is 12.4. The Kier molecular flexibility index (Phi) is 3.23. The highest BCUT2D eigenvalue weighted by molar-refractivity contribution is 5.73. The third-order valence-electron chi connectivity index (χ3n) is 3.90. The molecule has 0 amide bonds. The largest absolute Gasteiger partial charge is 0.339 e. The lowest BCUT2D eigenvalue weighted by atomic mass is 10.2. The fraction of sp³-hybridized carbons (Fsp3) is 0.615. The van der Waals surface area contributed by atoms with E-state index in [4.69, 9.17) is 0 Å². The molecule has 3 rings (SSSR count). The molecule has 2 fully saturated rings. The summed E-state index contributed by atoms with van der Waals surface area (Å²) < 4.78 is 0. The molecular formula is C13H18N4O. The smallest absolute Gasteiger partial charge is 0.225 e. The molecule has 5 heteroatoms. The molecule has 0 radical (unpaired) electrons. The zero-order valence-electron chi connectivity index (χ0n) is 10.5. The number of rotatable bonds is 3. The quantitative estimate of drug-likeness (QED) is 0.744. The maximum absolute atomic E-state index is 10.6. The number of carbonyl (C=O) groups is 1. The van der Waals surface area contributed by atoms with Crippen LogP contribution in [-0.4, -0.2) is 53.4 Å². The molecule has 0 spiro atoms. The van der Waals surface area contributed by atoms with Gasteiger partial charge in [0.1, 0.15) is 0 Å². The van der Waals surface area contributed by atoms with Crippen LogP contribution in [0.15, 0.2) is 12.4 Å². The van der Waals surface area contributed by atoms with E-state index >= 15 is 0 Å². The molecule has 2 aliphatic heterocycles. The monoisotopic (exact) mass is 246 g/mol. The first kappa shape index (κ1) is 11.6. The second-order valence-electron chi connectivity index (χ2n) is 5.07. The van der Waals surface area contributed by atoms with Crippen molar-refractivity contribution in [2.45, 2.75) is 25.3 Å². The summed E-state index contributed by atoms with van der Waals surface area (Å²) >= 11 is 0. The number of carbonyl (C=O) groups excluding carboxylic acids is 1. The predicted molar refractivity (Wildman–Crippen MR) is 68.8 cm³/mol. The molecular weight excluding hydrogens is 228 g/mol. The van der Waals surface area contributed by atoms with Gasteiger partial charge < -0.3 is 4.90 Å². The average molecular weight is 246 g/mol. The highest BCUT2D eigenvalue weighted by Gasteiger charge is 2.30. The van der Waals surface area contributed by atoms with Crippen molar-refractivity contribution in [3.63, 3.8) is 0 Å². The Morgan fingerprint density at radius 2 is 1.89 bits per heavy atom. The van der Waals surface area contributed by atoms with Gasteiger partial charge in [-0.25, -0.2) is 9.97 Å². The van der Waals surface area contributed by atoms with E-state index in [1.54, 1.807) is 12.4 Å². The number of aromatic nitrogens is 2. The highest BCUT2D eigenvalue weighted by atomic mass is 16.1. The average Bonchev–Trinajstić information content (AvgIpc) is 3.09. The number of likely N-dealkylation sites (tertiary alicyclic amines) is 1. The van der Waals surface area contributed by atoms with Crippen molar-refractivity contribution in [3.8, 4) is 0 Å². The fourth-order valence-electron chi connectivity index (χ4n) is 2.88. The summed E-state index contributed by atoms with van der Waals surface area (Å²) in [5, 5.41) is 0. The molecule has 0 N–H and O–H groups in total. The van der Waals surface area contributed by atoms with E-state index in [1.807, 2.05) is 0 Å². The number of nitrogens with zero attached hydrogens (tertiary/aromatic N) is 4. The van der Waals surface area contributed by atoms with Gasteiger partial charge in [0.05, 0.1) is 5.56 Å². The second kappa shape index (κ2) is 5.02. The molecule has 1 unspecified atom stereocenters. The Morgan fingerprint density at radius 3 is 2.56 bits per heavy atom. The van der Waals surface area contributed by atoms with Gasteiger partial charge in [0.15, 0.2) is 6.29 Å². The first-order valence-corrected chi connectivity index (χ1v) is 6.63. The second-order valence-corrected chi connectivity index (χ2v) is 5.07.